The number of hydrogen-bond donors (Lipinski definition) is 0. The minimum Gasteiger partial charge on any atom is -0.312 e. The molecule has 1 amide bonds. The molecule has 0 bridgehead atoms. The molecule has 0 aliphatic carbocycles. The van der Waals surface area contributed by atoms with Gasteiger partial charge in [-0.05, 0) is 49.1 Å². The molecule has 2 fully saturated rings. The fourth-order valence-electron chi connectivity index (χ4n) is 3.89. The molecule has 2 saturated heterocycles. The van der Waals surface area contributed by atoms with Crippen LogP contribution < -0.4 is 4.90 Å². The average molecular weight is 370 g/mol. The molecule has 1 atom stereocenters. The smallest absolute Gasteiger partial charge is 0.243 e. The summed E-state index contributed by atoms with van der Waals surface area (Å²) in [6.07, 6.45) is 3.11. The van der Waals surface area contributed by atoms with Crippen molar-refractivity contribution in [3.05, 3.63) is 60.2 Å². The van der Waals surface area contributed by atoms with E-state index in [0.29, 0.717) is 19.5 Å². The van der Waals surface area contributed by atoms with E-state index in [2.05, 4.69) is 0 Å². The lowest BCUT2D eigenvalue weighted by molar-refractivity contribution is -0.117. The summed E-state index contributed by atoms with van der Waals surface area (Å²) < 4.78 is 27.9. The molecule has 2 aliphatic heterocycles. The summed E-state index contributed by atoms with van der Waals surface area (Å²) in [5, 5.41) is 0. The van der Waals surface area contributed by atoms with E-state index in [-0.39, 0.29) is 16.8 Å². The van der Waals surface area contributed by atoms with Gasteiger partial charge in [0.1, 0.15) is 0 Å². The maximum absolute atomic E-state index is 13.2. The first-order valence-electron chi connectivity index (χ1n) is 9.04. The highest BCUT2D eigenvalue weighted by Gasteiger charge is 2.36. The molecule has 6 heteroatoms. The maximum Gasteiger partial charge on any atom is 0.243 e. The third-order valence-electron chi connectivity index (χ3n) is 5.22. The number of benzene rings is 2. The van der Waals surface area contributed by atoms with E-state index in [1.807, 2.05) is 30.3 Å². The summed E-state index contributed by atoms with van der Waals surface area (Å²) in [5.41, 5.74) is 1.81. The van der Waals surface area contributed by atoms with E-state index < -0.39 is 10.0 Å². The summed E-state index contributed by atoms with van der Waals surface area (Å²) in [7, 11) is -3.56. The highest BCUT2D eigenvalue weighted by molar-refractivity contribution is 7.89. The van der Waals surface area contributed by atoms with Crippen LogP contribution in [0.15, 0.2) is 59.5 Å². The van der Waals surface area contributed by atoms with Crippen LogP contribution in [0.3, 0.4) is 0 Å². The number of carbonyl (C=O) groups excluding carboxylic acids is 1. The van der Waals surface area contributed by atoms with Gasteiger partial charge < -0.3 is 4.90 Å². The van der Waals surface area contributed by atoms with Crippen LogP contribution in [0.2, 0.25) is 0 Å². The molecule has 0 N–H and O–H groups in total. The van der Waals surface area contributed by atoms with E-state index in [9.17, 15) is 13.2 Å². The molecule has 2 aromatic carbocycles. The van der Waals surface area contributed by atoms with Gasteiger partial charge in [-0.15, -0.1) is 0 Å². The Balaban J connectivity index is 1.61. The standard InChI is InChI=1S/C20H22N2O3S/c23-20-9-5-14-21(20)17-10-12-18(13-11-17)26(24,25)22-15-4-8-19(22)16-6-2-1-3-7-16/h1-3,6-7,10-13,19H,4-5,8-9,14-15H2. The van der Waals surface area contributed by atoms with Crippen LogP contribution in [0, 0.1) is 0 Å². The molecule has 1 unspecified atom stereocenters. The van der Waals surface area contributed by atoms with Gasteiger partial charge in [0.05, 0.1) is 10.9 Å². The molecule has 2 aliphatic rings. The van der Waals surface area contributed by atoms with Crippen LogP contribution in [-0.2, 0) is 14.8 Å². The van der Waals surface area contributed by atoms with Gasteiger partial charge in [0.15, 0.2) is 0 Å². The highest BCUT2D eigenvalue weighted by Crippen LogP contribution is 2.36. The third-order valence-corrected chi connectivity index (χ3v) is 7.14. The van der Waals surface area contributed by atoms with Crippen molar-refractivity contribution in [2.45, 2.75) is 36.6 Å². The normalized spacial score (nSPS) is 21.5. The van der Waals surface area contributed by atoms with Gasteiger partial charge in [-0.3, -0.25) is 4.79 Å². The molecular weight excluding hydrogens is 348 g/mol. The predicted molar refractivity (Wildman–Crippen MR) is 100 cm³/mol. The lowest BCUT2D eigenvalue weighted by Gasteiger charge is -2.25. The van der Waals surface area contributed by atoms with Gasteiger partial charge >= 0.3 is 0 Å². The van der Waals surface area contributed by atoms with Crippen LogP contribution in [0.1, 0.15) is 37.3 Å². The van der Waals surface area contributed by atoms with E-state index in [4.69, 9.17) is 0 Å². The molecule has 4 rings (SSSR count). The molecule has 0 saturated carbocycles. The van der Waals surface area contributed by atoms with Crippen LogP contribution in [0.4, 0.5) is 5.69 Å². The van der Waals surface area contributed by atoms with Gasteiger partial charge in [-0.25, -0.2) is 8.42 Å². The largest absolute Gasteiger partial charge is 0.312 e. The Morgan fingerprint density at radius 1 is 0.885 bits per heavy atom. The third kappa shape index (κ3) is 3.04. The zero-order chi connectivity index (χ0) is 18.1. The highest BCUT2D eigenvalue weighted by atomic mass is 32.2. The van der Waals surface area contributed by atoms with E-state index in [1.165, 1.54) is 0 Å². The van der Waals surface area contributed by atoms with Crippen molar-refractivity contribution in [1.29, 1.82) is 0 Å². The zero-order valence-corrected chi connectivity index (χ0v) is 15.4. The summed E-state index contributed by atoms with van der Waals surface area (Å²) >= 11 is 0. The van der Waals surface area contributed by atoms with Gasteiger partial charge in [0.2, 0.25) is 15.9 Å². The SMILES string of the molecule is O=C1CCCN1c1ccc(S(=O)(=O)N2CCCC2c2ccccc2)cc1. The van der Waals surface area contributed by atoms with Gasteiger partial charge in [-0.2, -0.15) is 4.31 Å². The van der Waals surface area contributed by atoms with Crippen molar-refractivity contribution in [3.8, 4) is 0 Å². The number of hydrogen-bond acceptors (Lipinski definition) is 3. The van der Waals surface area contributed by atoms with Crippen molar-refractivity contribution >= 4 is 21.6 Å². The Kier molecular flexibility index (Phi) is 4.54. The molecule has 0 aromatic heterocycles. The first kappa shape index (κ1) is 17.2. The van der Waals surface area contributed by atoms with Crippen LogP contribution in [0.25, 0.3) is 0 Å². The monoisotopic (exact) mass is 370 g/mol. The number of amides is 1. The van der Waals surface area contributed by atoms with E-state index in [0.717, 1.165) is 30.5 Å². The second-order valence-corrected chi connectivity index (χ2v) is 8.72. The minimum atomic E-state index is -3.56. The molecule has 0 radical (unpaired) electrons. The summed E-state index contributed by atoms with van der Waals surface area (Å²) in [5.74, 6) is 0.101. The maximum atomic E-state index is 13.2. The van der Waals surface area contributed by atoms with Gasteiger partial charge in [0.25, 0.3) is 0 Å². The van der Waals surface area contributed by atoms with E-state index >= 15 is 0 Å². The lowest BCUT2D eigenvalue weighted by Crippen LogP contribution is -2.30. The van der Waals surface area contributed by atoms with Crippen LogP contribution in [0.5, 0.6) is 0 Å². The van der Waals surface area contributed by atoms with Crippen molar-refractivity contribution in [1.82, 2.24) is 4.31 Å². The van der Waals surface area contributed by atoms with Crippen molar-refractivity contribution in [2.75, 3.05) is 18.0 Å². The molecule has 136 valence electrons. The number of sulfonamides is 1. The topological polar surface area (TPSA) is 57.7 Å². The van der Waals surface area contributed by atoms with Crippen molar-refractivity contribution in [3.63, 3.8) is 0 Å². The zero-order valence-electron chi connectivity index (χ0n) is 14.5. The molecular formula is C20H22N2O3S. The fourth-order valence-corrected chi connectivity index (χ4v) is 5.57. The first-order valence-corrected chi connectivity index (χ1v) is 10.5. The second kappa shape index (κ2) is 6.85. The Bertz CT molecular complexity index is 894. The average Bonchev–Trinajstić information content (AvgIpc) is 3.32. The Labute approximate surface area is 154 Å². The molecule has 0 spiro atoms. The number of rotatable bonds is 4. The molecule has 2 heterocycles. The van der Waals surface area contributed by atoms with Gasteiger partial charge in [0, 0.05) is 25.2 Å². The summed E-state index contributed by atoms with van der Waals surface area (Å²) in [4.78, 5) is 13.9. The van der Waals surface area contributed by atoms with Crippen LogP contribution >= 0.6 is 0 Å². The van der Waals surface area contributed by atoms with Crippen LogP contribution in [-0.4, -0.2) is 31.7 Å². The molecule has 26 heavy (non-hydrogen) atoms. The lowest BCUT2D eigenvalue weighted by atomic mass is 10.1. The quantitative estimate of drug-likeness (QED) is 0.829. The second-order valence-electron chi connectivity index (χ2n) is 6.83. The predicted octanol–water partition coefficient (Wildman–Crippen LogP) is 3.34. The van der Waals surface area contributed by atoms with E-state index in [1.54, 1.807) is 33.5 Å². The molecule has 5 nitrogen and oxygen atoms in total. The minimum absolute atomic E-state index is 0.101. The number of carbonyl (C=O) groups is 1. The van der Waals surface area contributed by atoms with Crippen molar-refractivity contribution in [2.24, 2.45) is 0 Å². The molecule has 2 aromatic rings. The number of nitrogens with zero attached hydrogens (tertiary/aromatic N) is 2. The van der Waals surface area contributed by atoms with Crippen molar-refractivity contribution < 1.29 is 13.2 Å². The Morgan fingerprint density at radius 3 is 2.27 bits per heavy atom. The number of anilines is 1. The fraction of sp³-hybridized carbons (Fsp3) is 0.350. The summed E-state index contributed by atoms with van der Waals surface area (Å²) in [6.45, 7) is 1.24. The Hall–Kier alpha value is -2.18. The van der Waals surface area contributed by atoms with Gasteiger partial charge in [-0.1, -0.05) is 30.3 Å². The first-order chi connectivity index (χ1) is 12.6. The Morgan fingerprint density at radius 2 is 1.62 bits per heavy atom. The summed E-state index contributed by atoms with van der Waals surface area (Å²) in [6, 6.07) is 16.4.